The van der Waals surface area contributed by atoms with Gasteiger partial charge in [0.2, 0.25) is 0 Å². The Labute approximate surface area is 217 Å². The molecule has 0 aliphatic heterocycles. The molecule has 1 aliphatic carbocycles. The molecule has 1 aliphatic rings. The van der Waals surface area contributed by atoms with E-state index < -0.39 is 0 Å². The highest BCUT2D eigenvalue weighted by Gasteiger charge is 2.36. The maximum atomic E-state index is 13.6. The number of rotatable bonds is 6. The van der Waals surface area contributed by atoms with Crippen molar-refractivity contribution in [3.63, 3.8) is 0 Å². The lowest BCUT2D eigenvalue weighted by Crippen LogP contribution is -2.30. The van der Waals surface area contributed by atoms with Gasteiger partial charge in [-0.15, -0.1) is 0 Å². The van der Waals surface area contributed by atoms with Crippen LogP contribution in [0.3, 0.4) is 0 Å². The van der Waals surface area contributed by atoms with Crippen molar-refractivity contribution >= 4 is 49.8 Å². The van der Waals surface area contributed by atoms with Gasteiger partial charge in [-0.1, -0.05) is 27.2 Å². The van der Waals surface area contributed by atoms with Crippen LogP contribution in [0.1, 0.15) is 51.2 Å². The van der Waals surface area contributed by atoms with Gasteiger partial charge < -0.3 is 19.7 Å². The van der Waals surface area contributed by atoms with Crippen LogP contribution >= 0.6 is 31.9 Å². The Hall–Kier alpha value is -2.25. The summed E-state index contributed by atoms with van der Waals surface area (Å²) in [5.41, 5.74) is 3.02. The summed E-state index contributed by atoms with van der Waals surface area (Å²) in [6, 6.07) is 7.00. The highest BCUT2D eigenvalue weighted by Crippen LogP contribution is 2.45. The molecule has 0 heterocycles. The third kappa shape index (κ3) is 5.52. The SMILES string of the molecule is CCC(C)(C)C1C/C(=C/c2cc(Br)c(O)c(OC)c2)C(=O)/C(=C/c2cc(Br)c(O)c(OC)c2)C1. The van der Waals surface area contributed by atoms with Crippen LogP contribution in [0, 0.1) is 11.3 Å². The minimum Gasteiger partial charge on any atom is -0.503 e. The zero-order valence-electron chi connectivity index (χ0n) is 20.0. The highest BCUT2D eigenvalue weighted by molar-refractivity contribution is 9.10. The third-order valence-corrected chi connectivity index (χ3v) is 7.96. The molecule has 3 rings (SSSR count). The molecular weight excluding hydrogens is 564 g/mol. The molecule has 0 spiro atoms. The summed E-state index contributed by atoms with van der Waals surface area (Å²) in [7, 11) is 2.99. The Morgan fingerprint density at radius 1 is 0.912 bits per heavy atom. The summed E-state index contributed by atoms with van der Waals surface area (Å²) in [6.45, 7) is 6.65. The fourth-order valence-corrected chi connectivity index (χ4v) is 5.07. The Kier molecular flexibility index (Phi) is 8.19. The van der Waals surface area contributed by atoms with Crippen LogP contribution < -0.4 is 9.47 Å². The number of phenols is 2. The number of benzene rings is 2. The number of aromatic hydroxyl groups is 2. The second-order valence-corrected chi connectivity index (χ2v) is 10.9. The van der Waals surface area contributed by atoms with Gasteiger partial charge in [0.15, 0.2) is 28.8 Å². The van der Waals surface area contributed by atoms with Crippen LogP contribution in [-0.2, 0) is 4.79 Å². The lowest BCUT2D eigenvalue weighted by molar-refractivity contribution is -0.113. The van der Waals surface area contributed by atoms with Crippen molar-refractivity contribution in [2.24, 2.45) is 11.3 Å². The Bertz CT molecular complexity index is 1080. The van der Waals surface area contributed by atoms with Crippen molar-refractivity contribution in [2.75, 3.05) is 14.2 Å². The molecule has 5 nitrogen and oxygen atoms in total. The zero-order chi connectivity index (χ0) is 25.2. The van der Waals surface area contributed by atoms with E-state index in [0.29, 0.717) is 44.4 Å². The molecule has 1 fully saturated rings. The molecule has 0 radical (unpaired) electrons. The number of carbonyl (C=O) groups excluding carboxylic acids is 1. The summed E-state index contributed by atoms with van der Waals surface area (Å²) in [6.07, 6.45) is 6.09. The fourth-order valence-electron chi connectivity index (χ4n) is 4.15. The number of phenolic OH excluding ortho intramolecular Hbond substituents is 2. The maximum absolute atomic E-state index is 13.6. The molecule has 7 heteroatoms. The van der Waals surface area contributed by atoms with Gasteiger partial charge in [0.05, 0.1) is 23.2 Å². The summed E-state index contributed by atoms with van der Waals surface area (Å²) < 4.78 is 11.6. The quantitative estimate of drug-likeness (QED) is 0.339. The summed E-state index contributed by atoms with van der Waals surface area (Å²) in [4.78, 5) is 13.6. The number of ether oxygens (including phenoxy) is 2. The van der Waals surface area contributed by atoms with Crippen LogP contribution in [0.15, 0.2) is 44.4 Å². The lowest BCUT2D eigenvalue weighted by Gasteiger charge is -2.38. The van der Waals surface area contributed by atoms with Gasteiger partial charge in [-0.3, -0.25) is 4.79 Å². The Balaban J connectivity index is 2.11. The summed E-state index contributed by atoms with van der Waals surface area (Å²) in [5.74, 6) is 1.000. The number of hydrogen-bond acceptors (Lipinski definition) is 5. The van der Waals surface area contributed by atoms with Crippen LogP contribution in [0.5, 0.6) is 23.0 Å². The van der Waals surface area contributed by atoms with Crippen LogP contribution in [0.2, 0.25) is 0 Å². The molecule has 0 amide bonds. The summed E-state index contributed by atoms with van der Waals surface area (Å²) in [5, 5.41) is 20.3. The van der Waals surface area contributed by atoms with Gasteiger partial charge in [-0.25, -0.2) is 0 Å². The van der Waals surface area contributed by atoms with E-state index in [1.54, 1.807) is 24.3 Å². The molecule has 2 aromatic carbocycles. The minimum absolute atomic E-state index is 0.00511. The van der Waals surface area contributed by atoms with Crippen molar-refractivity contribution < 1.29 is 24.5 Å². The van der Waals surface area contributed by atoms with Crippen LogP contribution in [0.4, 0.5) is 0 Å². The van der Waals surface area contributed by atoms with E-state index >= 15 is 0 Å². The highest BCUT2D eigenvalue weighted by atomic mass is 79.9. The van der Waals surface area contributed by atoms with Crippen molar-refractivity contribution in [1.29, 1.82) is 0 Å². The predicted molar refractivity (Wildman–Crippen MR) is 142 cm³/mol. The fraction of sp³-hybridized carbons (Fsp3) is 0.370. The molecule has 2 N–H and O–H groups in total. The van der Waals surface area contributed by atoms with E-state index in [9.17, 15) is 15.0 Å². The molecule has 34 heavy (non-hydrogen) atoms. The molecule has 0 saturated heterocycles. The van der Waals surface area contributed by atoms with Gasteiger partial charge in [0.25, 0.3) is 0 Å². The molecule has 1 saturated carbocycles. The van der Waals surface area contributed by atoms with Gasteiger partial charge in [0, 0.05) is 11.1 Å². The number of allylic oxidation sites excluding steroid dienone is 2. The smallest absolute Gasteiger partial charge is 0.185 e. The van der Waals surface area contributed by atoms with Gasteiger partial charge in [-0.05, 0) is 104 Å². The van der Waals surface area contributed by atoms with Crippen LogP contribution in [0.25, 0.3) is 12.2 Å². The number of methoxy groups -OCH3 is 2. The van der Waals surface area contributed by atoms with Crippen molar-refractivity contribution in [1.82, 2.24) is 0 Å². The molecule has 2 aromatic rings. The Morgan fingerprint density at radius 2 is 1.32 bits per heavy atom. The summed E-state index contributed by atoms with van der Waals surface area (Å²) >= 11 is 6.72. The van der Waals surface area contributed by atoms with Crippen molar-refractivity contribution in [3.05, 3.63) is 55.5 Å². The second kappa shape index (κ2) is 10.6. The average Bonchev–Trinajstić information content (AvgIpc) is 2.80. The van der Waals surface area contributed by atoms with E-state index in [2.05, 4.69) is 52.6 Å². The minimum atomic E-state index is -0.00511. The largest absolute Gasteiger partial charge is 0.503 e. The molecule has 1 unspecified atom stereocenters. The number of Topliss-reactive ketones (excluding diaryl/α,β-unsaturated/α-hetero) is 1. The number of hydrogen-bond donors (Lipinski definition) is 2. The molecule has 0 bridgehead atoms. The topological polar surface area (TPSA) is 76.0 Å². The molecule has 0 aromatic heterocycles. The maximum Gasteiger partial charge on any atom is 0.185 e. The second-order valence-electron chi connectivity index (χ2n) is 9.22. The monoisotopic (exact) mass is 592 g/mol. The first kappa shape index (κ1) is 26.4. The first-order chi connectivity index (χ1) is 16.0. The van der Waals surface area contributed by atoms with E-state index in [1.807, 2.05) is 12.2 Å². The van der Waals surface area contributed by atoms with E-state index in [-0.39, 0.29) is 28.6 Å². The predicted octanol–water partition coefficient (Wildman–Crippen LogP) is 7.52. The average molecular weight is 594 g/mol. The standard InChI is InChI=1S/C27H30Br2O5/c1-6-27(2,3)19-13-17(7-15-9-20(28)25(31)22(11-15)33-4)24(30)18(14-19)8-16-10-21(29)26(32)23(12-16)34-5/h7-12,19,31-32H,6,13-14H2,1-5H3/b17-7-,18-8+. The number of ketones is 1. The zero-order valence-corrected chi connectivity index (χ0v) is 23.2. The first-order valence-electron chi connectivity index (χ1n) is 11.1. The number of halogens is 2. The normalized spacial score (nSPS) is 19.0. The van der Waals surface area contributed by atoms with E-state index in [1.165, 1.54) is 14.2 Å². The van der Waals surface area contributed by atoms with Gasteiger partial charge >= 0.3 is 0 Å². The third-order valence-electron chi connectivity index (χ3n) is 6.76. The van der Waals surface area contributed by atoms with Crippen LogP contribution in [-0.4, -0.2) is 30.2 Å². The van der Waals surface area contributed by atoms with Crippen molar-refractivity contribution in [2.45, 2.75) is 40.0 Å². The van der Waals surface area contributed by atoms with Gasteiger partial charge in [-0.2, -0.15) is 0 Å². The lowest BCUT2D eigenvalue weighted by atomic mass is 9.66. The van der Waals surface area contributed by atoms with E-state index in [0.717, 1.165) is 17.5 Å². The first-order valence-corrected chi connectivity index (χ1v) is 12.7. The van der Waals surface area contributed by atoms with Crippen molar-refractivity contribution in [3.8, 4) is 23.0 Å². The molecule has 182 valence electrons. The van der Waals surface area contributed by atoms with Gasteiger partial charge in [0.1, 0.15) is 0 Å². The number of carbonyl (C=O) groups is 1. The molecule has 1 atom stereocenters. The Morgan fingerprint density at radius 3 is 1.68 bits per heavy atom. The van der Waals surface area contributed by atoms with E-state index in [4.69, 9.17) is 9.47 Å². The molecular formula is C27H30Br2O5.